The van der Waals surface area contributed by atoms with Crippen LogP contribution in [0, 0.1) is 11.3 Å². The monoisotopic (exact) mass is 473 g/mol. The molecule has 0 aliphatic rings. The van der Waals surface area contributed by atoms with Crippen LogP contribution < -0.4 is 5.32 Å². The Morgan fingerprint density at radius 3 is 2.52 bits per heavy atom. The van der Waals surface area contributed by atoms with Gasteiger partial charge in [-0.3, -0.25) is 0 Å². The molecule has 148 valence electrons. The normalized spacial score (nSPS) is 12.0. The fourth-order valence-corrected chi connectivity index (χ4v) is 3.86. The maximum atomic E-state index is 13.0. The fraction of sp³-hybridized carbons (Fsp3) is 0.0526. The molecular formula is C19H9Cl3F3N3S. The van der Waals surface area contributed by atoms with Crippen molar-refractivity contribution in [2.24, 2.45) is 0 Å². The topological polar surface area (TPSA) is 48.7 Å². The van der Waals surface area contributed by atoms with E-state index in [2.05, 4.69) is 10.3 Å². The predicted octanol–water partition coefficient (Wildman–Crippen LogP) is 7.77. The summed E-state index contributed by atoms with van der Waals surface area (Å²) in [5.41, 5.74) is 0.516. The van der Waals surface area contributed by atoms with Crippen LogP contribution in [0.3, 0.4) is 0 Å². The largest absolute Gasteiger partial charge is 0.417 e. The molecule has 3 nitrogen and oxygen atoms in total. The van der Waals surface area contributed by atoms with E-state index >= 15 is 0 Å². The Morgan fingerprint density at radius 1 is 1.10 bits per heavy atom. The van der Waals surface area contributed by atoms with Gasteiger partial charge < -0.3 is 5.32 Å². The highest BCUT2D eigenvalue weighted by Crippen LogP contribution is 2.36. The predicted molar refractivity (Wildman–Crippen MR) is 111 cm³/mol. The molecule has 3 aromatic rings. The van der Waals surface area contributed by atoms with Gasteiger partial charge >= 0.3 is 6.18 Å². The van der Waals surface area contributed by atoms with E-state index in [9.17, 15) is 18.4 Å². The fourth-order valence-electron chi connectivity index (χ4n) is 2.35. The van der Waals surface area contributed by atoms with Crippen molar-refractivity contribution in [2.75, 3.05) is 5.32 Å². The van der Waals surface area contributed by atoms with Gasteiger partial charge in [-0.05, 0) is 36.4 Å². The lowest BCUT2D eigenvalue weighted by molar-refractivity contribution is -0.137. The Labute approximate surface area is 183 Å². The van der Waals surface area contributed by atoms with E-state index < -0.39 is 16.8 Å². The standard InChI is InChI=1S/C19H9Cl3F3N3S/c20-11-1-3-13(16(22)5-11)17-9-29-18(28-17)10(7-26)8-27-12-2-4-15(21)14(6-12)19(23,24)25/h1-6,8-9,27H. The lowest BCUT2D eigenvalue weighted by atomic mass is 10.2. The number of alkyl halides is 3. The molecule has 0 radical (unpaired) electrons. The first kappa shape index (κ1) is 21.5. The van der Waals surface area contributed by atoms with Crippen LogP contribution in [0.15, 0.2) is 48.0 Å². The summed E-state index contributed by atoms with van der Waals surface area (Å²) < 4.78 is 38.9. The van der Waals surface area contributed by atoms with Crippen molar-refractivity contribution >= 4 is 57.4 Å². The van der Waals surface area contributed by atoms with Crippen molar-refractivity contribution < 1.29 is 13.2 Å². The average Bonchev–Trinajstić information content (AvgIpc) is 3.12. The molecule has 1 N–H and O–H groups in total. The Bertz CT molecular complexity index is 1130. The van der Waals surface area contributed by atoms with Gasteiger partial charge in [-0.1, -0.05) is 34.8 Å². The van der Waals surface area contributed by atoms with E-state index in [0.29, 0.717) is 26.3 Å². The van der Waals surface area contributed by atoms with E-state index in [-0.39, 0.29) is 11.3 Å². The van der Waals surface area contributed by atoms with Gasteiger partial charge in [0.1, 0.15) is 16.6 Å². The van der Waals surface area contributed by atoms with E-state index in [4.69, 9.17) is 34.8 Å². The van der Waals surface area contributed by atoms with Crippen LogP contribution in [0.4, 0.5) is 18.9 Å². The molecule has 3 rings (SSSR count). The summed E-state index contributed by atoms with van der Waals surface area (Å²) in [6.45, 7) is 0. The Kier molecular flexibility index (Phi) is 6.39. The number of allylic oxidation sites excluding steroid dienone is 1. The molecule has 0 aliphatic carbocycles. The average molecular weight is 475 g/mol. The molecule has 0 saturated heterocycles. The first-order valence-electron chi connectivity index (χ1n) is 7.84. The molecule has 0 amide bonds. The number of hydrogen-bond acceptors (Lipinski definition) is 4. The van der Waals surface area contributed by atoms with Gasteiger partial charge in [0.15, 0.2) is 0 Å². The summed E-state index contributed by atoms with van der Waals surface area (Å²) in [6.07, 6.45) is -3.30. The van der Waals surface area contributed by atoms with Crippen LogP contribution in [-0.2, 0) is 6.18 Å². The second-order valence-electron chi connectivity index (χ2n) is 5.67. The maximum Gasteiger partial charge on any atom is 0.417 e. The van der Waals surface area contributed by atoms with Gasteiger partial charge in [-0.2, -0.15) is 18.4 Å². The summed E-state index contributed by atoms with van der Waals surface area (Å²) in [4.78, 5) is 4.38. The number of thiazole rings is 1. The van der Waals surface area contributed by atoms with Crippen LogP contribution in [-0.4, -0.2) is 4.98 Å². The lowest BCUT2D eigenvalue weighted by Crippen LogP contribution is -2.06. The molecule has 0 fully saturated rings. The number of nitrogens with one attached hydrogen (secondary N) is 1. The maximum absolute atomic E-state index is 13.0. The van der Waals surface area contributed by atoms with Crippen LogP contribution in [0.5, 0.6) is 0 Å². The van der Waals surface area contributed by atoms with Crippen molar-refractivity contribution in [1.82, 2.24) is 4.98 Å². The summed E-state index contributed by atoms with van der Waals surface area (Å²) in [7, 11) is 0. The third-order valence-corrected chi connectivity index (χ3v) is 5.47. The minimum Gasteiger partial charge on any atom is -0.360 e. The molecule has 1 heterocycles. The minimum absolute atomic E-state index is 0.131. The zero-order chi connectivity index (χ0) is 21.2. The number of anilines is 1. The summed E-state index contributed by atoms with van der Waals surface area (Å²) in [5.74, 6) is 0. The quantitative estimate of drug-likeness (QED) is 0.393. The number of aromatic nitrogens is 1. The van der Waals surface area contributed by atoms with E-state index in [1.807, 2.05) is 6.07 Å². The third-order valence-electron chi connectivity index (χ3n) is 3.72. The highest BCUT2D eigenvalue weighted by atomic mass is 35.5. The third kappa shape index (κ3) is 5.03. The van der Waals surface area contributed by atoms with Crippen molar-refractivity contribution in [3.05, 3.63) is 73.6 Å². The van der Waals surface area contributed by atoms with Gasteiger partial charge in [-0.15, -0.1) is 11.3 Å². The molecule has 0 spiro atoms. The number of hydrogen-bond donors (Lipinski definition) is 1. The van der Waals surface area contributed by atoms with E-state index in [1.54, 1.807) is 23.6 Å². The smallest absolute Gasteiger partial charge is 0.360 e. The Morgan fingerprint density at radius 2 is 1.86 bits per heavy atom. The van der Waals surface area contributed by atoms with Crippen LogP contribution in [0.2, 0.25) is 15.1 Å². The Balaban J connectivity index is 1.87. The minimum atomic E-state index is -4.58. The zero-order valence-electron chi connectivity index (χ0n) is 14.2. The summed E-state index contributed by atoms with van der Waals surface area (Å²) in [5, 5.41) is 14.7. The van der Waals surface area contributed by atoms with E-state index in [1.165, 1.54) is 23.6 Å². The van der Waals surface area contributed by atoms with Crippen molar-refractivity contribution in [1.29, 1.82) is 5.26 Å². The molecule has 0 atom stereocenters. The highest BCUT2D eigenvalue weighted by molar-refractivity contribution is 7.11. The molecule has 29 heavy (non-hydrogen) atoms. The Hall–Kier alpha value is -2.24. The van der Waals surface area contributed by atoms with Crippen LogP contribution >= 0.6 is 46.1 Å². The van der Waals surface area contributed by atoms with Crippen LogP contribution in [0.1, 0.15) is 10.6 Å². The lowest BCUT2D eigenvalue weighted by Gasteiger charge is -2.10. The molecule has 2 aromatic carbocycles. The number of nitrogens with zero attached hydrogens (tertiary/aromatic N) is 2. The molecule has 10 heteroatoms. The van der Waals surface area contributed by atoms with Gasteiger partial charge in [0.25, 0.3) is 0 Å². The highest BCUT2D eigenvalue weighted by Gasteiger charge is 2.33. The SMILES string of the molecule is N#CC(=CNc1ccc(Cl)c(C(F)(F)F)c1)c1nc(-c2ccc(Cl)cc2Cl)cs1. The van der Waals surface area contributed by atoms with Crippen LogP contribution in [0.25, 0.3) is 16.8 Å². The van der Waals surface area contributed by atoms with Gasteiger partial charge in [-0.25, -0.2) is 4.98 Å². The van der Waals surface area contributed by atoms with Gasteiger partial charge in [0.2, 0.25) is 0 Å². The first-order chi connectivity index (χ1) is 13.7. The summed E-state index contributed by atoms with van der Waals surface area (Å²) in [6, 6.07) is 10.3. The molecular weight excluding hydrogens is 466 g/mol. The number of benzene rings is 2. The number of halogens is 6. The molecule has 0 aliphatic heterocycles. The van der Waals surface area contributed by atoms with Crippen molar-refractivity contribution in [3.63, 3.8) is 0 Å². The van der Waals surface area contributed by atoms with Crippen molar-refractivity contribution in [2.45, 2.75) is 6.18 Å². The second kappa shape index (κ2) is 8.64. The molecule has 1 aromatic heterocycles. The zero-order valence-corrected chi connectivity index (χ0v) is 17.3. The van der Waals surface area contributed by atoms with Gasteiger partial charge in [0.05, 0.1) is 21.3 Å². The molecule has 0 unspecified atom stereocenters. The molecule has 0 saturated carbocycles. The molecule has 0 bridgehead atoms. The number of nitriles is 1. The van der Waals surface area contributed by atoms with Crippen molar-refractivity contribution in [3.8, 4) is 17.3 Å². The second-order valence-corrected chi connectivity index (χ2v) is 7.78. The summed E-state index contributed by atoms with van der Waals surface area (Å²) >= 11 is 18.9. The number of rotatable bonds is 4. The first-order valence-corrected chi connectivity index (χ1v) is 9.85. The van der Waals surface area contributed by atoms with E-state index in [0.717, 1.165) is 12.1 Å². The van der Waals surface area contributed by atoms with Gasteiger partial charge in [0, 0.05) is 27.9 Å².